The number of aromatic amines is 1. The Bertz CT molecular complexity index is 1270. The van der Waals surface area contributed by atoms with E-state index in [0.29, 0.717) is 23.6 Å². The molecule has 1 aromatic carbocycles. The number of halogens is 3. The molecule has 0 saturated heterocycles. The number of hydrogen-bond acceptors (Lipinski definition) is 6. The molecular weight excluding hydrogens is 465 g/mol. The van der Waals surface area contributed by atoms with E-state index in [2.05, 4.69) is 25.6 Å². The van der Waals surface area contributed by atoms with Gasteiger partial charge < -0.3 is 25.3 Å². The van der Waals surface area contributed by atoms with Crippen molar-refractivity contribution in [2.24, 2.45) is 0 Å². The Balaban J connectivity index is 1.79. The van der Waals surface area contributed by atoms with Crippen LogP contribution < -0.4 is 20.9 Å². The molecule has 0 saturated carbocycles. The predicted molar refractivity (Wildman–Crippen MR) is 125 cm³/mol. The molecule has 3 N–H and O–H groups in total. The second kappa shape index (κ2) is 10.6. The van der Waals surface area contributed by atoms with Gasteiger partial charge in [0.05, 0.1) is 35.3 Å². The van der Waals surface area contributed by atoms with Crippen LogP contribution in [0.4, 0.5) is 29.3 Å². The number of hydrogen-bond donors (Lipinski definition) is 3. The van der Waals surface area contributed by atoms with E-state index >= 15 is 0 Å². The third kappa shape index (κ3) is 6.57. The van der Waals surface area contributed by atoms with Crippen LogP contribution in [-0.2, 0) is 12.7 Å². The van der Waals surface area contributed by atoms with Crippen LogP contribution in [0.1, 0.15) is 23.7 Å². The lowest BCUT2D eigenvalue weighted by Crippen LogP contribution is -2.22. The first-order valence-electron chi connectivity index (χ1n) is 10.6. The number of aryl methyl sites for hydroxylation is 1. The zero-order valence-electron chi connectivity index (χ0n) is 19.6. The van der Waals surface area contributed by atoms with E-state index in [1.807, 2.05) is 0 Å². The van der Waals surface area contributed by atoms with E-state index in [9.17, 15) is 22.8 Å². The Morgan fingerprint density at radius 2 is 1.94 bits per heavy atom. The zero-order chi connectivity index (χ0) is 25.8. The van der Waals surface area contributed by atoms with E-state index in [1.165, 1.54) is 30.6 Å². The number of alkyl halides is 3. The molecule has 0 radical (unpaired) electrons. The number of pyridine rings is 1. The van der Waals surface area contributed by atoms with Gasteiger partial charge >= 0.3 is 12.2 Å². The summed E-state index contributed by atoms with van der Waals surface area (Å²) < 4.78 is 46.0. The number of benzene rings is 1. The first kappa shape index (κ1) is 25.7. The Kier molecular flexibility index (Phi) is 7.75. The summed E-state index contributed by atoms with van der Waals surface area (Å²) >= 11 is 0. The molecule has 0 atom stereocenters. The van der Waals surface area contributed by atoms with Crippen LogP contribution in [-0.4, -0.2) is 46.6 Å². The number of aromatic nitrogens is 3. The lowest BCUT2D eigenvalue weighted by atomic mass is 10.1. The fourth-order valence-electron chi connectivity index (χ4n) is 3.30. The molecule has 12 heteroatoms. The van der Waals surface area contributed by atoms with Crippen molar-refractivity contribution in [1.29, 1.82) is 0 Å². The minimum atomic E-state index is -4.57. The van der Waals surface area contributed by atoms with Gasteiger partial charge in [0.15, 0.2) is 5.82 Å². The van der Waals surface area contributed by atoms with E-state index in [0.717, 1.165) is 6.07 Å². The second-order valence-corrected chi connectivity index (χ2v) is 7.89. The topological polar surface area (TPSA) is 112 Å². The molecule has 9 nitrogen and oxygen atoms in total. The number of ether oxygens (including phenoxy) is 1. The van der Waals surface area contributed by atoms with Gasteiger partial charge in [-0.25, -0.2) is 14.8 Å². The van der Waals surface area contributed by atoms with Gasteiger partial charge in [0, 0.05) is 24.5 Å². The summed E-state index contributed by atoms with van der Waals surface area (Å²) in [4.78, 5) is 36.8. The molecule has 0 fully saturated rings. The number of anilines is 2. The van der Waals surface area contributed by atoms with E-state index in [4.69, 9.17) is 4.74 Å². The molecule has 0 aliphatic heterocycles. The first-order chi connectivity index (χ1) is 16.5. The maximum atomic E-state index is 13.5. The monoisotopic (exact) mass is 490 g/mol. The quantitative estimate of drug-likeness (QED) is 0.456. The fraction of sp³-hybridized carbons (Fsp3) is 0.304. The maximum Gasteiger partial charge on any atom is 0.416 e. The average molecular weight is 490 g/mol. The summed E-state index contributed by atoms with van der Waals surface area (Å²) in [5, 5.41) is 4.95. The van der Waals surface area contributed by atoms with Crippen LogP contribution in [0.15, 0.2) is 41.5 Å². The number of rotatable bonds is 7. The first-order valence-corrected chi connectivity index (χ1v) is 10.6. The summed E-state index contributed by atoms with van der Waals surface area (Å²) in [6, 6.07) is 4.18. The van der Waals surface area contributed by atoms with Gasteiger partial charge in [0.25, 0.3) is 5.56 Å². The highest BCUT2D eigenvalue weighted by molar-refractivity contribution is 6.00. The summed E-state index contributed by atoms with van der Waals surface area (Å²) in [7, 11) is 3.34. The molecule has 3 rings (SSSR count). The number of H-pyrrole nitrogens is 1. The number of nitrogens with zero attached hydrogens (tertiary/aromatic N) is 3. The normalized spacial score (nSPS) is 11.4. The van der Waals surface area contributed by atoms with Gasteiger partial charge in [-0.2, -0.15) is 13.2 Å². The molecule has 35 heavy (non-hydrogen) atoms. The predicted octanol–water partition coefficient (Wildman–Crippen LogP) is 4.26. The lowest BCUT2D eigenvalue weighted by molar-refractivity contribution is -0.138. The van der Waals surface area contributed by atoms with Gasteiger partial charge in [-0.3, -0.25) is 4.79 Å². The van der Waals surface area contributed by atoms with Crippen molar-refractivity contribution in [1.82, 2.24) is 19.9 Å². The van der Waals surface area contributed by atoms with Crippen LogP contribution in [0.3, 0.4) is 0 Å². The van der Waals surface area contributed by atoms with Crippen molar-refractivity contribution >= 4 is 17.4 Å². The van der Waals surface area contributed by atoms with Crippen LogP contribution >= 0.6 is 0 Å². The molecule has 0 unspecified atom stereocenters. The molecular formula is C23H25F3N6O3. The van der Waals surface area contributed by atoms with Crippen molar-refractivity contribution in [2.45, 2.75) is 26.6 Å². The zero-order valence-corrected chi connectivity index (χ0v) is 19.6. The third-order valence-electron chi connectivity index (χ3n) is 4.81. The highest BCUT2D eigenvalue weighted by atomic mass is 19.4. The standard InChI is InChI=1S/C23H25F3N6O3/c1-5-35-19-9-20(33)27-10-16(19)21-28-11-18(13(2)29-21)31-22(34)30-15-7-6-14(12-32(3)4)17(8-15)23(24,25)26/h6-11H,5,12H2,1-4H3,(H,27,33)(H2,30,31,34). The van der Waals surface area contributed by atoms with Crippen molar-refractivity contribution in [3.05, 3.63) is 63.8 Å². The summed E-state index contributed by atoms with van der Waals surface area (Å²) in [6.07, 6.45) is -1.78. The maximum absolute atomic E-state index is 13.5. The number of carbonyl (C=O) groups is 1. The molecule has 0 aliphatic carbocycles. The lowest BCUT2D eigenvalue weighted by Gasteiger charge is -2.18. The van der Waals surface area contributed by atoms with Crippen LogP contribution in [0.25, 0.3) is 11.4 Å². The highest BCUT2D eigenvalue weighted by Crippen LogP contribution is 2.34. The Morgan fingerprint density at radius 1 is 1.20 bits per heavy atom. The Morgan fingerprint density at radius 3 is 2.57 bits per heavy atom. The van der Waals surface area contributed by atoms with Gasteiger partial charge in [-0.15, -0.1) is 0 Å². The smallest absolute Gasteiger partial charge is 0.416 e. The highest BCUT2D eigenvalue weighted by Gasteiger charge is 2.33. The third-order valence-corrected chi connectivity index (χ3v) is 4.81. The molecule has 0 bridgehead atoms. The number of urea groups is 1. The van der Waals surface area contributed by atoms with Crippen LogP contribution in [0.5, 0.6) is 5.75 Å². The molecule has 2 aromatic heterocycles. The van der Waals surface area contributed by atoms with Crippen LogP contribution in [0.2, 0.25) is 0 Å². The van der Waals surface area contributed by atoms with E-state index in [1.54, 1.807) is 32.8 Å². The SMILES string of the molecule is CCOc1cc(=O)[nH]cc1-c1ncc(NC(=O)Nc2ccc(CN(C)C)c(C(F)(F)F)c2)c(C)n1. The fourth-order valence-corrected chi connectivity index (χ4v) is 3.30. The van der Waals surface area contributed by atoms with E-state index < -0.39 is 17.8 Å². The Hall–Kier alpha value is -3.93. The average Bonchev–Trinajstić information content (AvgIpc) is 2.75. The van der Waals surface area contributed by atoms with Gasteiger partial charge in [0.2, 0.25) is 0 Å². The largest absolute Gasteiger partial charge is 0.493 e. The number of carbonyl (C=O) groups excluding carboxylic acids is 1. The van der Waals surface area contributed by atoms with Crippen molar-refractivity contribution in [3.8, 4) is 17.1 Å². The van der Waals surface area contributed by atoms with E-state index in [-0.39, 0.29) is 34.9 Å². The summed E-state index contributed by atoms with van der Waals surface area (Å²) in [6.45, 7) is 3.84. The number of nitrogens with one attached hydrogen (secondary N) is 3. The second-order valence-electron chi connectivity index (χ2n) is 7.89. The van der Waals surface area contributed by atoms with Gasteiger partial charge in [-0.05, 0) is 45.6 Å². The van der Waals surface area contributed by atoms with Crippen molar-refractivity contribution in [3.63, 3.8) is 0 Å². The minimum absolute atomic E-state index is 0.0119. The molecule has 0 aliphatic rings. The Labute approximate surface area is 199 Å². The molecule has 3 aromatic rings. The van der Waals surface area contributed by atoms with Gasteiger partial charge in [-0.1, -0.05) is 6.07 Å². The molecule has 0 spiro atoms. The summed E-state index contributed by atoms with van der Waals surface area (Å²) in [5.74, 6) is 0.576. The number of amides is 2. The molecule has 2 amide bonds. The van der Waals surface area contributed by atoms with Gasteiger partial charge in [0.1, 0.15) is 5.75 Å². The minimum Gasteiger partial charge on any atom is -0.493 e. The molecule has 2 heterocycles. The molecule has 186 valence electrons. The van der Waals surface area contributed by atoms with Crippen molar-refractivity contribution < 1.29 is 22.7 Å². The van der Waals surface area contributed by atoms with Crippen LogP contribution in [0, 0.1) is 6.92 Å². The summed E-state index contributed by atoms with van der Waals surface area (Å²) in [5.41, 5.74) is 0.0448. The van der Waals surface area contributed by atoms with Crippen molar-refractivity contribution in [2.75, 3.05) is 31.3 Å².